The van der Waals surface area contributed by atoms with E-state index < -0.39 is 0 Å². The van der Waals surface area contributed by atoms with Crippen LogP contribution in [0.1, 0.15) is 27.2 Å². The normalized spacial score (nSPS) is 25.1. The van der Waals surface area contributed by atoms with E-state index in [0.717, 1.165) is 6.42 Å². The summed E-state index contributed by atoms with van der Waals surface area (Å²) in [7, 11) is 0. The van der Waals surface area contributed by atoms with Crippen LogP contribution in [0.25, 0.3) is 0 Å². The molecule has 0 fully saturated rings. The predicted octanol–water partition coefficient (Wildman–Crippen LogP) is 3.34. The lowest BCUT2D eigenvalue weighted by molar-refractivity contribution is 0.310. The lowest BCUT2D eigenvalue weighted by Gasteiger charge is -2.26. The zero-order valence-electron chi connectivity index (χ0n) is 7.13. The zero-order valence-corrected chi connectivity index (χ0v) is 7.89. The number of rotatable bonds is 0. The van der Waals surface area contributed by atoms with Gasteiger partial charge < -0.3 is 0 Å². The van der Waals surface area contributed by atoms with Crippen LogP contribution in [0, 0.1) is 5.41 Å². The van der Waals surface area contributed by atoms with Crippen LogP contribution in [0.4, 0.5) is 0 Å². The molecule has 0 aromatic carbocycles. The summed E-state index contributed by atoms with van der Waals surface area (Å²) in [4.78, 5) is 0. The van der Waals surface area contributed by atoms with Gasteiger partial charge in [0.05, 0.1) is 6.04 Å². The van der Waals surface area contributed by atoms with Crippen molar-refractivity contribution in [3.8, 4) is 0 Å². The van der Waals surface area contributed by atoms with E-state index in [1.807, 2.05) is 6.08 Å². The first-order valence-electron chi connectivity index (χ1n) is 3.76. The Labute approximate surface area is 72.3 Å². The first kappa shape index (κ1) is 8.72. The van der Waals surface area contributed by atoms with Crippen molar-refractivity contribution in [3.05, 3.63) is 11.2 Å². The predicted molar refractivity (Wildman–Crippen MR) is 46.7 cm³/mol. The van der Waals surface area contributed by atoms with Gasteiger partial charge in [0.25, 0.3) is 0 Å². The topological polar surface area (TPSA) is 24.7 Å². The third-order valence-corrected chi connectivity index (χ3v) is 2.03. The van der Waals surface area contributed by atoms with Crippen LogP contribution in [-0.2, 0) is 0 Å². The van der Waals surface area contributed by atoms with Crippen LogP contribution in [0.5, 0.6) is 0 Å². The monoisotopic (exact) mass is 172 g/mol. The average molecular weight is 173 g/mol. The summed E-state index contributed by atoms with van der Waals surface area (Å²) in [5, 5.41) is 8.45. The molecule has 0 saturated heterocycles. The summed E-state index contributed by atoms with van der Waals surface area (Å²) in [5.74, 6) is 0. The smallest absolute Gasteiger partial charge is 0.147 e. The molecule has 0 bridgehead atoms. The van der Waals surface area contributed by atoms with Gasteiger partial charge in [-0.1, -0.05) is 32.4 Å². The Balaban J connectivity index is 2.63. The summed E-state index contributed by atoms with van der Waals surface area (Å²) < 4.78 is 0. The highest BCUT2D eigenvalue weighted by Crippen LogP contribution is 2.29. The van der Waals surface area contributed by atoms with Gasteiger partial charge in [-0.3, -0.25) is 0 Å². The van der Waals surface area contributed by atoms with Crippen molar-refractivity contribution in [1.82, 2.24) is 0 Å². The van der Waals surface area contributed by atoms with Gasteiger partial charge in [-0.2, -0.15) is 5.11 Å². The van der Waals surface area contributed by atoms with Gasteiger partial charge in [0, 0.05) is 0 Å². The molecular weight excluding hydrogens is 160 g/mol. The van der Waals surface area contributed by atoms with E-state index in [9.17, 15) is 0 Å². The molecule has 0 radical (unpaired) electrons. The second-order valence-corrected chi connectivity index (χ2v) is 4.25. The Morgan fingerprint density at radius 2 is 2.18 bits per heavy atom. The van der Waals surface area contributed by atoms with Crippen molar-refractivity contribution >= 4 is 11.6 Å². The first-order valence-corrected chi connectivity index (χ1v) is 4.14. The third-order valence-electron chi connectivity index (χ3n) is 1.80. The number of hydrogen-bond acceptors (Lipinski definition) is 2. The summed E-state index contributed by atoms with van der Waals surface area (Å²) in [5.41, 5.74) is 0.192. The molecule has 0 aromatic heterocycles. The second-order valence-electron chi connectivity index (χ2n) is 3.86. The first-order chi connectivity index (χ1) is 5.00. The summed E-state index contributed by atoms with van der Waals surface area (Å²) >= 11 is 5.63. The molecule has 1 rings (SSSR count). The van der Waals surface area contributed by atoms with Gasteiger partial charge in [0.15, 0.2) is 0 Å². The van der Waals surface area contributed by atoms with Crippen LogP contribution in [0.2, 0.25) is 0 Å². The Morgan fingerprint density at radius 3 is 2.55 bits per heavy atom. The molecule has 62 valence electrons. The summed E-state index contributed by atoms with van der Waals surface area (Å²) in [6.45, 7) is 6.47. The van der Waals surface area contributed by atoms with Crippen molar-refractivity contribution in [2.75, 3.05) is 0 Å². The van der Waals surface area contributed by atoms with E-state index in [-0.39, 0.29) is 11.5 Å². The molecule has 3 heteroatoms. The zero-order chi connectivity index (χ0) is 8.48. The van der Waals surface area contributed by atoms with E-state index >= 15 is 0 Å². The standard InChI is InChI=1S/C8H13ClN2/c1-8(2,3)6-4-5-7(9)11-10-6/h5-6H,4H2,1-3H3. The molecule has 11 heavy (non-hydrogen) atoms. The SMILES string of the molecule is CC(C)(C)C1CC=C(Cl)N=N1. The fraction of sp³-hybridized carbons (Fsp3) is 0.750. The highest BCUT2D eigenvalue weighted by Gasteiger charge is 2.25. The quantitative estimate of drug-likeness (QED) is 0.501. The van der Waals surface area contributed by atoms with Crippen molar-refractivity contribution in [2.45, 2.75) is 33.2 Å². The largest absolute Gasteiger partial charge is 0.184 e. The molecule has 1 aliphatic rings. The minimum atomic E-state index is 0.192. The van der Waals surface area contributed by atoms with Gasteiger partial charge in [-0.25, -0.2) is 0 Å². The van der Waals surface area contributed by atoms with Crippen molar-refractivity contribution < 1.29 is 0 Å². The molecule has 1 atom stereocenters. The van der Waals surface area contributed by atoms with Gasteiger partial charge >= 0.3 is 0 Å². The highest BCUT2D eigenvalue weighted by molar-refractivity contribution is 6.29. The van der Waals surface area contributed by atoms with Gasteiger partial charge in [-0.05, 0) is 17.9 Å². The molecule has 0 aliphatic carbocycles. The van der Waals surface area contributed by atoms with Gasteiger partial charge in [-0.15, -0.1) is 5.11 Å². The Hall–Kier alpha value is -0.370. The number of azo groups is 1. The van der Waals surface area contributed by atoms with Crippen LogP contribution >= 0.6 is 11.6 Å². The van der Waals surface area contributed by atoms with E-state index in [4.69, 9.17) is 11.6 Å². The van der Waals surface area contributed by atoms with E-state index in [1.165, 1.54) is 0 Å². The molecule has 0 N–H and O–H groups in total. The Bertz CT molecular complexity index is 201. The maximum absolute atomic E-state index is 5.63. The molecule has 1 aliphatic heterocycles. The molecule has 1 unspecified atom stereocenters. The highest BCUT2D eigenvalue weighted by atomic mass is 35.5. The van der Waals surface area contributed by atoms with Gasteiger partial charge in [0.1, 0.15) is 5.16 Å². The maximum atomic E-state index is 5.63. The Kier molecular flexibility index (Phi) is 2.33. The Morgan fingerprint density at radius 1 is 1.55 bits per heavy atom. The van der Waals surface area contributed by atoms with Crippen LogP contribution in [0.3, 0.4) is 0 Å². The second kappa shape index (κ2) is 2.94. The van der Waals surface area contributed by atoms with Gasteiger partial charge in [0.2, 0.25) is 0 Å². The lowest BCUT2D eigenvalue weighted by Crippen LogP contribution is -2.24. The summed E-state index contributed by atoms with van der Waals surface area (Å²) in [6, 6.07) is 0.282. The fourth-order valence-electron chi connectivity index (χ4n) is 0.948. The lowest BCUT2D eigenvalue weighted by atomic mass is 9.85. The van der Waals surface area contributed by atoms with Crippen LogP contribution < -0.4 is 0 Å². The molecule has 0 aromatic rings. The van der Waals surface area contributed by atoms with E-state index in [1.54, 1.807) is 0 Å². The molecule has 2 nitrogen and oxygen atoms in total. The minimum absolute atomic E-state index is 0.192. The number of hydrogen-bond donors (Lipinski definition) is 0. The summed E-state index contributed by atoms with van der Waals surface area (Å²) in [6.07, 6.45) is 2.83. The molecule has 0 saturated carbocycles. The molecule has 0 spiro atoms. The van der Waals surface area contributed by atoms with Crippen molar-refractivity contribution in [1.29, 1.82) is 0 Å². The molecular formula is C8H13ClN2. The molecule has 0 amide bonds. The third kappa shape index (κ3) is 2.29. The van der Waals surface area contributed by atoms with Crippen LogP contribution in [0.15, 0.2) is 21.5 Å². The van der Waals surface area contributed by atoms with Crippen LogP contribution in [-0.4, -0.2) is 6.04 Å². The average Bonchev–Trinajstić information content (AvgIpc) is 1.86. The fourth-order valence-corrected chi connectivity index (χ4v) is 1.08. The number of halogens is 1. The maximum Gasteiger partial charge on any atom is 0.147 e. The minimum Gasteiger partial charge on any atom is -0.184 e. The van der Waals surface area contributed by atoms with E-state index in [0.29, 0.717) is 5.16 Å². The van der Waals surface area contributed by atoms with E-state index in [2.05, 4.69) is 31.0 Å². The number of nitrogens with zero attached hydrogens (tertiary/aromatic N) is 2. The molecule has 1 heterocycles. The van der Waals surface area contributed by atoms with Crippen molar-refractivity contribution in [2.24, 2.45) is 15.6 Å². The van der Waals surface area contributed by atoms with Crippen molar-refractivity contribution in [3.63, 3.8) is 0 Å².